The first-order valence-corrected chi connectivity index (χ1v) is 12.9. The van der Waals surface area contributed by atoms with Crippen LogP contribution in [0.4, 0.5) is 10.1 Å². The molecule has 2 fully saturated rings. The number of aliphatic hydroxyl groups excluding tert-OH is 2. The number of piperidine rings is 1. The first-order chi connectivity index (χ1) is 18.9. The number of nitrogens with zero attached hydrogens (tertiary/aromatic N) is 2. The highest BCUT2D eigenvalue weighted by molar-refractivity contribution is 6.08. The molecule has 2 aliphatic heterocycles. The lowest BCUT2D eigenvalue weighted by atomic mass is 9.91. The van der Waals surface area contributed by atoms with Gasteiger partial charge >= 0.3 is 11.9 Å². The van der Waals surface area contributed by atoms with Crippen molar-refractivity contribution in [2.24, 2.45) is 5.92 Å². The minimum Gasteiger partial charge on any atom is -0.479 e. The minimum absolute atomic E-state index is 0.00760. The van der Waals surface area contributed by atoms with Gasteiger partial charge in [0.1, 0.15) is 5.82 Å². The molecule has 3 heterocycles. The molecule has 0 radical (unpaired) electrons. The maximum absolute atomic E-state index is 14.2. The van der Waals surface area contributed by atoms with Gasteiger partial charge in [-0.15, -0.1) is 0 Å². The number of likely N-dealkylation sites (tertiary alicyclic amines) is 1. The van der Waals surface area contributed by atoms with Crippen molar-refractivity contribution in [3.8, 4) is 0 Å². The number of carboxylic acids is 2. The van der Waals surface area contributed by atoms with E-state index in [1.165, 1.54) is 0 Å². The third-order valence-electron chi connectivity index (χ3n) is 7.13. The van der Waals surface area contributed by atoms with Gasteiger partial charge in [-0.1, -0.05) is 0 Å². The van der Waals surface area contributed by atoms with E-state index in [2.05, 4.69) is 15.2 Å². The number of ether oxygens (including phenoxy) is 1. The van der Waals surface area contributed by atoms with Crippen molar-refractivity contribution in [3.05, 3.63) is 35.8 Å². The predicted octanol–water partition coefficient (Wildman–Crippen LogP) is -0.183. The molecule has 2 saturated heterocycles. The molecule has 1 aromatic heterocycles. The van der Waals surface area contributed by atoms with E-state index in [1.807, 2.05) is 0 Å². The predicted molar refractivity (Wildman–Crippen MR) is 140 cm³/mol. The van der Waals surface area contributed by atoms with Gasteiger partial charge in [0.15, 0.2) is 12.2 Å². The zero-order valence-electron chi connectivity index (χ0n) is 21.8. The van der Waals surface area contributed by atoms with Crippen LogP contribution in [-0.4, -0.2) is 110 Å². The van der Waals surface area contributed by atoms with Crippen molar-refractivity contribution in [1.29, 1.82) is 0 Å². The van der Waals surface area contributed by atoms with E-state index in [0.29, 0.717) is 56.0 Å². The SMILES string of the molecule is Nc1c(F)cc(C(=O)NCC2CCN(CC3(O)CCOCC3)CC2)c2ncccc12.O=C(O)C(O)C(O)C(=O)O. The highest BCUT2D eigenvalue weighted by Crippen LogP contribution is 2.27. The first kappa shape index (κ1) is 31.1. The molecule has 0 saturated carbocycles. The number of nitrogens with one attached hydrogen (secondary N) is 1. The number of aliphatic hydroxyl groups is 3. The fraction of sp³-hybridized carbons (Fsp3) is 0.538. The molecule has 40 heavy (non-hydrogen) atoms. The Labute approximate surface area is 229 Å². The summed E-state index contributed by atoms with van der Waals surface area (Å²) in [5.41, 5.74) is 5.77. The van der Waals surface area contributed by atoms with Crippen LogP contribution in [0.2, 0.25) is 0 Å². The Morgan fingerprint density at radius 1 is 1.15 bits per heavy atom. The number of hydrogen-bond acceptors (Lipinski definition) is 10. The van der Waals surface area contributed by atoms with Crippen LogP contribution < -0.4 is 11.1 Å². The van der Waals surface area contributed by atoms with Crippen molar-refractivity contribution >= 4 is 34.4 Å². The molecule has 220 valence electrons. The fourth-order valence-corrected chi connectivity index (χ4v) is 4.69. The number of amides is 1. The molecule has 1 amide bonds. The summed E-state index contributed by atoms with van der Waals surface area (Å²) in [5.74, 6) is -4.13. The third-order valence-corrected chi connectivity index (χ3v) is 7.13. The second-order valence-electron chi connectivity index (χ2n) is 10.1. The Balaban J connectivity index is 0.000000378. The lowest BCUT2D eigenvalue weighted by molar-refractivity contribution is -0.165. The van der Waals surface area contributed by atoms with Crippen LogP contribution in [0.15, 0.2) is 24.4 Å². The smallest absolute Gasteiger partial charge is 0.335 e. The molecular weight excluding hydrogens is 531 g/mol. The van der Waals surface area contributed by atoms with Gasteiger partial charge in [0.25, 0.3) is 5.91 Å². The summed E-state index contributed by atoms with van der Waals surface area (Å²) >= 11 is 0. The average Bonchev–Trinajstić information content (AvgIpc) is 2.94. The summed E-state index contributed by atoms with van der Waals surface area (Å²) in [6.07, 6.45) is 0.296. The Morgan fingerprint density at radius 3 is 2.33 bits per heavy atom. The second-order valence-corrected chi connectivity index (χ2v) is 10.1. The number of pyridine rings is 1. The number of fused-ring (bicyclic) bond motifs is 1. The van der Waals surface area contributed by atoms with Gasteiger partial charge in [0.2, 0.25) is 0 Å². The van der Waals surface area contributed by atoms with E-state index in [1.54, 1.807) is 18.3 Å². The molecule has 2 aliphatic rings. The third kappa shape index (κ3) is 8.05. The molecule has 8 N–H and O–H groups in total. The number of carboxylic acid groups (broad SMARTS) is 2. The van der Waals surface area contributed by atoms with Crippen LogP contribution in [0.5, 0.6) is 0 Å². The second kappa shape index (κ2) is 13.8. The van der Waals surface area contributed by atoms with Crippen LogP contribution in [0, 0.1) is 11.7 Å². The van der Waals surface area contributed by atoms with E-state index in [4.69, 9.17) is 30.9 Å². The van der Waals surface area contributed by atoms with Crippen molar-refractivity contribution < 1.29 is 49.0 Å². The Kier molecular flexibility index (Phi) is 10.7. The van der Waals surface area contributed by atoms with Crippen LogP contribution in [0.25, 0.3) is 10.9 Å². The van der Waals surface area contributed by atoms with Crippen molar-refractivity contribution in [2.45, 2.75) is 43.5 Å². The molecule has 2 atom stereocenters. The summed E-state index contributed by atoms with van der Waals surface area (Å²) in [5, 5.41) is 46.6. The zero-order chi connectivity index (χ0) is 29.4. The number of nitrogens with two attached hydrogens (primary N) is 1. The molecule has 0 aliphatic carbocycles. The summed E-state index contributed by atoms with van der Waals surface area (Å²) in [6.45, 7) is 4.24. The molecule has 4 rings (SSSR count). The summed E-state index contributed by atoms with van der Waals surface area (Å²) in [4.78, 5) is 38.8. The van der Waals surface area contributed by atoms with Gasteiger partial charge in [-0.2, -0.15) is 0 Å². The van der Waals surface area contributed by atoms with Gasteiger partial charge in [0, 0.05) is 50.7 Å². The van der Waals surface area contributed by atoms with Crippen molar-refractivity contribution in [3.63, 3.8) is 0 Å². The molecule has 2 unspecified atom stereocenters. The molecular formula is C26H35FN4O9. The van der Waals surface area contributed by atoms with E-state index in [-0.39, 0.29) is 17.2 Å². The highest BCUT2D eigenvalue weighted by atomic mass is 19.1. The summed E-state index contributed by atoms with van der Waals surface area (Å²) in [6, 6.07) is 4.50. The summed E-state index contributed by atoms with van der Waals surface area (Å²) in [7, 11) is 0. The monoisotopic (exact) mass is 566 g/mol. The van der Waals surface area contributed by atoms with Crippen molar-refractivity contribution in [1.82, 2.24) is 15.2 Å². The number of hydrogen-bond donors (Lipinski definition) is 7. The van der Waals surface area contributed by atoms with Gasteiger partial charge in [-0.25, -0.2) is 14.0 Å². The number of carbonyl (C=O) groups is 3. The normalized spacial score (nSPS) is 19.2. The van der Waals surface area contributed by atoms with Gasteiger partial charge in [0.05, 0.1) is 22.4 Å². The number of β-amino-alcohol motifs (C(OH)–C–C–N with tert-alkyl or cyclic N) is 1. The topological polar surface area (TPSA) is 216 Å². The number of benzene rings is 1. The lowest BCUT2D eigenvalue weighted by Gasteiger charge is -2.39. The lowest BCUT2D eigenvalue weighted by Crippen LogP contribution is -2.49. The Hall–Kier alpha value is -3.43. The van der Waals surface area contributed by atoms with Gasteiger partial charge < -0.3 is 46.2 Å². The van der Waals surface area contributed by atoms with Gasteiger partial charge in [-0.05, 0) is 50.0 Å². The van der Waals surface area contributed by atoms with Crippen LogP contribution in [0.3, 0.4) is 0 Å². The molecule has 1 aromatic carbocycles. The number of carbonyl (C=O) groups excluding carboxylic acids is 1. The van der Waals surface area contributed by atoms with E-state index < -0.39 is 35.6 Å². The van der Waals surface area contributed by atoms with E-state index in [9.17, 15) is 23.9 Å². The number of aliphatic carboxylic acids is 2. The number of halogens is 1. The maximum atomic E-state index is 14.2. The standard InChI is InChI=1S/C22H29FN4O3.C4H6O6/c23-18-12-17(20-16(19(18)24)2-1-7-25-20)21(28)26-13-15-3-8-27(9-4-15)14-22(29)5-10-30-11-6-22;5-1(3(7)8)2(6)4(9)10/h1-2,7,12,15,29H,3-6,8-11,13-14,24H2,(H,26,28);1-2,5-6H,(H,7,8)(H,9,10). The van der Waals surface area contributed by atoms with Crippen LogP contribution >= 0.6 is 0 Å². The molecule has 0 bridgehead atoms. The largest absolute Gasteiger partial charge is 0.479 e. The number of aromatic nitrogens is 1. The van der Waals surface area contributed by atoms with Gasteiger partial charge in [-0.3, -0.25) is 9.78 Å². The Morgan fingerprint density at radius 2 is 1.75 bits per heavy atom. The van der Waals surface area contributed by atoms with E-state index >= 15 is 0 Å². The number of rotatable bonds is 8. The number of anilines is 1. The molecule has 14 heteroatoms. The minimum atomic E-state index is -2.27. The zero-order valence-corrected chi connectivity index (χ0v) is 21.8. The number of nitrogen functional groups attached to an aromatic ring is 1. The molecule has 13 nitrogen and oxygen atoms in total. The van der Waals surface area contributed by atoms with E-state index in [0.717, 1.165) is 32.0 Å². The quantitative estimate of drug-likeness (QED) is 0.207. The first-order valence-electron chi connectivity index (χ1n) is 12.9. The maximum Gasteiger partial charge on any atom is 0.335 e. The highest BCUT2D eigenvalue weighted by Gasteiger charge is 2.33. The summed E-state index contributed by atoms with van der Waals surface area (Å²) < 4.78 is 19.5. The molecule has 2 aromatic rings. The van der Waals surface area contributed by atoms with Crippen LogP contribution in [0.1, 0.15) is 36.0 Å². The average molecular weight is 567 g/mol. The Bertz CT molecular complexity index is 1180. The fourth-order valence-electron chi connectivity index (χ4n) is 4.69. The molecule has 0 spiro atoms. The van der Waals surface area contributed by atoms with Crippen LogP contribution in [-0.2, 0) is 14.3 Å². The van der Waals surface area contributed by atoms with Crippen molar-refractivity contribution in [2.75, 3.05) is 45.1 Å².